The first kappa shape index (κ1) is 50.2. The third-order valence-electron chi connectivity index (χ3n) is 8.34. The predicted molar refractivity (Wildman–Crippen MR) is 219 cm³/mol. The number of unbranched alkanes of at least 4 members (excludes halogenated alkanes) is 13. The van der Waals surface area contributed by atoms with Gasteiger partial charge in [-0.2, -0.15) is 0 Å². The number of ether oxygens (including phenoxy) is 2. The summed E-state index contributed by atoms with van der Waals surface area (Å²) in [5, 5.41) is 0. The number of likely N-dealkylation sites (N-methyl/N-ethyl adjacent to an activating group) is 1. The van der Waals surface area contributed by atoms with E-state index < -0.39 is 13.9 Å². The molecule has 0 aromatic heterocycles. The molecule has 0 saturated heterocycles. The third-order valence-corrected chi connectivity index (χ3v) is 9.33. The maximum atomic E-state index is 12.4. The molecule has 0 heterocycles. The van der Waals surface area contributed by atoms with Crippen molar-refractivity contribution in [2.24, 2.45) is 0 Å². The van der Waals surface area contributed by atoms with E-state index in [1.807, 2.05) is 21.1 Å². The van der Waals surface area contributed by atoms with Gasteiger partial charge >= 0.3 is 13.8 Å². The molecule has 2 unspecified atom stereocenters. The normalized spacial score (nSPS) is 14.5. The van der Waals surface area contributed by atoms with Crippen molar-refractivity contribution in [2.45, 2.75) is 155 Å². The van der Waals surface area contributed by atoms with Gasteiger partial charge in [0.15, 0.2) is 0 Å². The summed E-state index contributed by atoms with van der Waals surface area (Å²) in [6, 6.07) is 0. The van der Waals surface area contributed by atoms with Crippen LogP contribution in [0.5, 0.6) is 0 Å². The van der Waals surface area contributed by atoms with E-state index in [1.54, 1.807) is 0 Å². The van der Waals surface area contributed by atoms with Crippen molar-refractivity contribution in [3.63, 3.8) is 0 Å². The molecular formula is C43H79NO7P+. The van der Waals surface area contributed by atoms with E-state index in [2.05, 4.69) is 74.6 Å². The number of rotatable bonds is 37. The maximum absolute atomic E-state index is 12.4. The van der Waals surface area contributed by atoms with Gasteiger partial charge in [0.1, 0.15) is 19.3 Å². The summed E-state index contributed by atoms with van der Waals surface area (Å²) < 4.78 is 34.6. The van der Waals surface area contributed by atoms with Gasteiger partial charge in [0.05, 0.1) is 34.4 Å². The second kappa shape index (κ2) is 36.2. The Morgan fingerprint density at radius 3 is 1.65 bits per heavy atom. The SMILES string of the molecule is CC/C=C\C/C=C\C/C=C\C/C=C\C/C=C\CCCCCCCCCCCCOCC(COP(=O)(O)OCC[N+](C)(C)C)OC(=O)CCCCCC. The molecule has 0 amide bonds. The Hall–Kier alpha value is -1.80. The lowest BCUT2D eigenvalue weighted by Gasteiger charge is -2.24. The number of quaternary nitrogens is 1. The predicted octanol–water partition coefficient (Wildman–Crippen LogP) is 11.8. The summed E-state index contributed by atoms with van der Waals surface area (Å²) in [6.07, 6.45) is 44.6. The molecule has 52 heavy (non-hydrogen) atoms. The number of allylic oxidation sites excluding steroid dienone is 10. The zero-order valence-corrected chi connectivity index (χ0v) is 34.9. The molecule has 2 atom stereocenters. The van der Waals surface area contributed by atoms with Gasteiger partial charge in [-0.1, -0.05) is 145 Å². The van der Waals surface area contributed by atoms with Crippen molar-refractivity contribution in [3.8, 4) is 0 Å². The molecule has 0 aromatic carbocycles. The van der Waals surface area contributed by atoms with E-state index >= 15 is 0 Å². The lowest BCUT2D eigenvalue weighted by atomic mass is 10.1. The van der Waals surface area contributed by atoms with Crippen molar-refractivity contribution in [1.29, 1.82) is 0 Å². The summed E-state index contributed by atoms with van der Waals surface area (Å²) in [4.78, 5) is 22.5. The largest absolute Gasteiger partial charge is 0.472 e. The molecule has 1 N–H and O–H groups in total. The van der Waals surface area contributed by atoms with Gasteiger partial charge in [-0.3, -0.25) is 13.8 Å². The lowest BCUT2D eigenvalue weighted by Crippen LogP contribution is -2.37. The monoisotopic (exact) mass is 753 g/mol. The molecule has 302 valence electrons. The molecule has 0 saturated carbocycles. The Balaban J connectivity index is 3.93. The summed E-state index contributed by atoms with van der Waals surface area (Å²) in [5.74, 6) is -0.336. The van der Waals surface area contributed by atoms with Crippen LogP contribution < -0.4 is 0 Å². The lowest BCUT2D eigenvalue weighted by molar-refractivity contribution is -0.870. The fraction of sp³-hybridized carbons (Fsp3) is 0.744. The second-order valence-electron chi connectivity index (χ2n) is 14.6. The number of carbonyl (C=O) groups excluding carboxylic acids is 1. The highest BCUT2D eigenvalue weighted by Gasteiger charge is 2.26. The van der Waals surface area contributed by atoms with E-state index in [0.29, 0.717) is 24.1 Å². The standard InChI is InChI=1S/C43H78NO7P/c1-6-8-10-12-13-14-15-16-17-18-19-20-21-22-23-24-25-26-27-28-29-30-31-32-33-35-38-48-40-42(51-43(45)36-34-11-9-7-2)41-50-52(46,47)49-39-37-44(3,4)5/h8,10,13-14,16-17,19-20,22-23,42H,6-7,9,11-12,15,18,21,24-41H2,1-5H3/p+1/b10-8-,14-13-,17-16-,20-19-,23-22-. The van der Waals surface area contributed by atoms with Crippen molar-refractivity contribution < 1.29 is 37.3 Å². The van der Waals surface area contributed by atoms with Gasteiger partial charge in [0.2, 0.25) is 0 Å². The van der Waals surface area contributed by atoms with Crippen LogP contribution >= 0.6 is 7.82 Å². The number of nitrogens with zero attached hydrogens (tertiary/aromatic N) is 1. The molecular weight excluding hydrogens is 673 g/mol. The van der Waals surface area contributed by atoms with Gasteiger partial charge in [-0.15, -0.1) is 0 Å². The Kier molecular flexibility index (Phi) is 34.9. The van der Waals surface area contributed by atoms with Crippen molar-refractivity contribution >= 4 is 13.8 Å². The minimum atomic E-state index is -4.26. The first-order chi connectivity index (χ1) is 25.1. The van der Waals surface area contributed by atoms with Crippen LogP contribution in [0.25, 0.3) is 0 Å². The molecule has 0 radical (unpaired) electrons. The van der Waals surface area contributed by atoms with E-state index in [0.717, 1.165) is 70.6 Å². The number of phosphoric ester groups is 1. The number of esters is 1. The maximum Gasteiger partial charge on any atom is 0.472 e. The average Bonchev–Trinajstić information content (AvgIpc) is 3.09. The Morgan fingerprint density at radius 1 is 0.615 bits per heavy atom. The highest BCUT2D eigenvalue weighted by molar-refractivity contribution is 7.47. The molecule has 0 aliphatic carbocycles. The summed E-state index contributed by atoms with van der Waals surface area (Å²) in [7, 11) is 1.65. The van der Waals surface area contributed by atoms with Gasteiger partial charge in [0.25, 0.3) is 0 Å². The zero-order chi connectivity index (χ0) is 38.4. The smallest absolute Gasteiger partial charge is 0.457 e. The number of carbonyl (C=O) groups is 1. The van der Waals surface area contributed by atoms with E-state index in [-0.39, 0.29) is 25.8 Å². The van der Waals surface area contributed by atoms with Crippen molar-refractivity contribution in [2.75, 3.05) is 54.1 Å². The number of phosphoric acid groups is 1. The van der Waals surface area contributed by atoms with Crippen LogP contribution in [-0.2, 0) is 27.9 Å². The van der Waals surface area contributed by atoms with Crippen LogP contribution in [-0.4, -0.2) is 75.6 Å². The van der Waals surface area contributed by atoms with Gasteiger partial charge in [0, 0.05) is 13.0 Å². The van der Waals surface area contributed by atoms with Crippen molar-refractivity contribution in [1.82, 2.24) is 0 Å². The zero-order valence-electron chi connectivity index (χ0n) is 34.0. The van der Waals surface area contributed by atoms with Gasteiger partial charge in [-0.05, 0) is 57.8 Å². The van der Waals surface area contributed by atoms with Crippen molar-refractivity contribution in [3.05, 3.63) is 60.8 Å². The molecule has 0 aliphatic rings. The fourth-order valence-electron chi connectivity index (χ4n) is 5.17. The van der Waals surface area contributed by atoms with Crippen LogP contribution in [0.1, 0.15) is 149 Å². The molecule has 0 bridgehead atoms. The quantitative estimate of drug-likeness (QED) is 0.0222. The Bertz CT molecular complexity index is 1020. The fourth-order valence-corrected chi connectivity index (χ4v) is 5.91. The summed E-state index contributed by atoms with van der Waals surface area (Å²) in [6.45, 7) is 5.36. The van der Waals surface area contributed by atoms with Crippen LogP contribution in [0.3, 0.4) is 0 Å². The van der Waals surface area contributed by atoms with E-state index in [1.165, 1.54) is 57.8 Å². The Labute approximate surface area is 320 Å². The summed E-state index contributed by atoms with van der Waals surface area (Å²) in [5.41, 5.74) is 0. The highest BCUT2D eigenvalue weighted by atomic mass is 31.2. The first-order valence-electron chi connectivity index (χ1n) is 20.5. The topological polar surface area (TPSA) is 91.3 Å². The van der Waals surface area contributed by atoms with Crippen LogP contribution in [0.2, 0.25) is 0 Å². The molecule has 0 spiro atoms. The first-order valence-corrected chi connectivity index (χ1v) is 22.0. The Morgan fingerprint density at radius 2 is 1.12 bits per heavy atom. The molecule has 9 heteroatoms. The molecule has 0 aromatic rings. The minimum absolute atomic E-state index is 0.0854. The van der Waals surface area contributed by atoms with Crippen LogP contribution in [0, 0.1) is 0 Å². The highest BCUT2D eigenvalue weighted by Crippen LogP contribution is 2.43. The van der Waals surface area contributed by atoms with E-state index in [4.69, 9.17) is 18.5 Å². The number of hydrogen-bond donors (Lipinski definition) is 1. The van der Waals surface area contributed by atoms with E-state index in [9.17, 15) is 14.3 Å². The molecule has 8 nitrogen and oxygen atoms in total. The minimum Gasteiger partial charge on any atom is -0.457 e. The van der Waals surface area contributed by atoms with Gasteiger partial charge < -0.3 is 18.9 Å². The number of hydrogen-bond acceptors (Lipinski definition) is 6. The third kappa shape index (κ3) is 39.4. The second-order valence-corrected chi connectivity index (χ2v) is 16.1. The molecule has 0 rings (SSSR count). The average molecular weight is 753 g/mol. The summed E-state index contributed by atoms with van der Waals surface area (Å²) >= 11 is 0. The van der Waals surface area contributed by atoms with Crippen LogP contribution in [0.15, 0.2) is 60.8 Å². The molecule has 0 aliphatic heterocycles. The molecule has 0 fully saturated rings. The van der Waals surface area contributed by atoms with Gasteiger partial charge in [-0.25, -0.2) is 4.57 Å². The van der Waals surface area contributed by atoms with Crippen LogP contribution in [0.4, 0.5) is 0 Å².